The molecule has 0 saturated carbocycles. The van der Waals surface area contributed by atoms with Crippen LogP contribution in [0.1, 0.15) is 43.7 Å². The average Bonchev–Trinajstić information content (AvgIpc) is 3.23. The van der Waals surface area contributed by atoms with Gasteiger partial charge in [0.2, 0.25) is 0 Å². The standard InChI is InChI=1S/C28H31NO10/c1-4-19(37-14(2)30)18(32)11-16(13-22(33)34)26(35)38-20-7-8-28(36)21-12-15-5-6-17(31)24-23(15)27(28,25(20)39-24)9-10-29(21)3/h4-7,16,19,21,25,31,36H,1,8-13H2,2-3H3,(H,33,34)/t16-,19-,21+,25-,27-,28+/m0/s1. The number of phenols is 1. The third-order valence-corrected chi connectivity index (χ3v) is 8.60. The summed E-state index contributed by atoms with van der Waals surface area (Å²) in [6, 6.07) is 3.14. The third-order valence-electron chi connectivity index (χ3n) is 8.60. The number of carbonyl (C=O) groups excluding carboxylic acids is 3. The van der Waals surface area contributed by atoms with Gasteiger partial charge in [-0.3, -0.25) is 19.2 Å². The molecule has 1 saturated heterocycles. The number of carboxylic acid groups (broad SMARTS) is 1. The molecular formula is C28H31NO10. The number of aliphatic carboxylic acids is 1. The van der Waals surface area contributed by atoms with Gasteiger partial charge in [0.25, 0.3) is 0 Å². The van der Waals surface area contributed by atoms with Crippen molar-refractivity contribution in [3.8, 4) is 11.5 Å². The van der Waals surface area contributed by atoms with E-state index in [1.807, 2.05) is 13.1 Å². The molecule has 39 heavy (non-hydrogen) atoms. The van der Waals surface area contributed by atoms with Crippen LogP contribution in [0.25, 0.3) is 0 Å². The smallest absolute Gasteiger partial charge is 0.315 e. The van der Waals surface area contributed by atoms with Crippen molar-refractivity contribution < 1.29 is 48.7 Å². The minimum absolute atomic E-state index is 0.0850. The number of Topliss-reactive ketones (excluding diaryl/α,β-unsaturated/α-hetero) is 1. The summed E-state index contributed by atoms with van der Waals surface area (Å²) >= 11 is 0. The van der Waals surface area contributed by atoms with Gasteiger partial charge in [0.1, 0.15) is 5.76 Å². The fraction of sp³-hybridized carbons (Fsp3) is 0.500. The first-order chi connectivity index (χ1) is 18.4. The second-order valence-electron chi connectivity index (χ2n) is 10.8. The van der Waals surface area contributed by atoms with Gasteiger partial charge in [-0.15, -0.1) is 0 Å². The number of likely N-dealkylation sites (N-methyl/N-ethyl adjacent to an activating group) is 1. The first kappa shape index (κ1) is 26.9. The first-order valence-electron chi connectivity index (χ1n) is 12.8. The maximum atomic E-state index is 13.3. The van der Waals surface area contributed by atoms with E-state index in [-0.39, 0.29) is 29.7 Å². The fourth-order valence-corrected chi connectivity index (χ4v) is 6.87. The Labute approximate surface area is 224 Å². The monoisotopic (exact) mass is 541 g/mol. The Hall–Kier alpha value is -3.70. The molecule has 3 N–H and O–H groups in total. The molecule has 4 aliphatic rings. The first-order valence-corrected chi connectivity index (χ1v) is 12.8. The minimum atomic E-state index is -1.38. The van der Waals surface area contributed by atoms with E-state index < -0.39 is 65.7 Å². The zero-order valence-electron chi connectivity index (χ0n) is 21.7. The predicted octanol–water partition coefficient (Wildman–Crippen LogP) is 1.38. The zero-order valence-corrected chi connectivity index (χ0v) is 21.7. The number of hydrogen-bond donors (Lipinski definition) is 3. The van der Waals surface area contributed by atoms with Crippen LogP contribution >= 0.6 is 0 Å². The second-order valence-corrected chi connectivity index (χ2v) is 10.8. The zero-order chi connectivity index (χ0) is 28.3. The number of carboxylic acids is 1. The molecule has 1 spiro atoms. The van der Waals surface area contributed by atoms with Crippen molar-refractivity contribution in [2.45, 2.75) is 68.3 Å². The number of carbonyl (C=O) groups is 4. The number of likely N-dealkylation sites (tertiary alicyclic amines) is 1. The third kappa shape index (κ3) is 4.02. The van der Waals surface area contributed by atoms with Crippen LogP contribution in [0.15, 0.2) is 36.6 Å². The highest BCUT2D eigenvalue weighted by atomic mass is 16.6. The van der Waals surface area contributed by atoms with E-state index in [9.17, 15) is 34.5 Å². The molecular weight excluding hydrogens is 510 g/mol. The number of aliphatic hydroxyl groups is 1. The molecule has 0 amide bonds. The SMILES string of the molecule is C=C[C@H](OC(C)=O)C(=O)C[C@@H](CC(=O)O)C(=O)OC1=CC[C@@]2(O)[C@H]3Cc4ccc(O)c5c4[C@@]2(CCN3C)[C@H]1O5. The number of hydrogen-bond acceptors (Lipinski definition) is 10. The quantitative estimate of drug-likeness (QED) is 0.306. The molecule has 2 heterocycles. The molecule has 1 aromatic carbocycles. The Morgan fingerprint density at radius 1 is 1.28 bits per heavy atom. The summed E-state index contributed by atoms with van der Waals surface area (Å²) in [6.45, 7) is 5.21. The molecule has 1 aromatic rings. The number of nitrogens with zero attached hydrogens (tertiary/aromatic N) is 1. The average molecular weight is 542 g/mol. The van der Waals surface area contributed by atoms with E-state index in [1.165, 1.54) is 0 Å². The van der Waals surface area contributed by atoms with Crippen molar-refractivity contribution in [3.63, 3.8) is 0 Å². The molecule has 208 valence electrons. The Morgan fingerprint density at radius 3 is 2.69 bits per heavy atom. The lowest BCUT2D eigenvalue weighted by molar-refractivity contribution is -0.171. The second kappa shape index (κ2) is 9.49. The molecule has 11 heteroatoms. The largest absolute Gasteiger partial charge is 0.504 e. The van der Waals surface area contributed by atoms with Crippen molar-refractivity contribution in [3.05, 3.63) is 47.7 Å². The molecule has 5 rings (SSSR count). The summed E-state index contributed by atoms with van der Waals surface area (Å²) in [5.74, 6) is -4.83. The number of rotatable bonds is 9. The van der Waals surface area contributed by atoms with Gasteiger partial charge >= 0.3 is 17.9 Å². The number of aromatic hydroxyl groups is 1. The van der Waals surface area contributed by atoms with Crippen LogP contribution in [0, 0.1) is 5.92 Å². The van der Waals surface area contributed by atoms with Crippen molar-refractivity contribution in [2.24, 2.45) is 5.92 Å². The van der Waals surface area contributed by atoms with Crippen LogP contribution in [-0.4, -0.2) is 81.4 Å². The fourth-order valence-electron chi connectivity index (χ4n) is 6.87. The number of ether oxygens (including phenoxy) is 3. The van der Waals surface area contributed by atoms with Gasteiger partial charge < -0.3 is 34.4 Å². The van der Waals surface area contributed by atoms with Crippen molar-refractivity contribution in [2.75, 3.05) is 13.6 Å². The van der Waals surface area contributed by atoms with Gasteiger partial charge in [-0.05, 0) is 50.2 Å². The van der Waals surface area contributed by atoms with E-state index in [4.69, 9.17) is 14.2 Å². The van der Waals surface area contributed by atoms with Gasteiger partial charge in [-0.1, -0.05) is 12.6 Å². The molecule has 0 aromatic heterocycles. The molecule has 2 aliphatic carbocycles. The molecule has 0 unspecified atom stereocenters. The van der Waals surface area contributed by atoms with E-state index in [0.717, 1.165) is 18.6 Å². The molecule has 1 fully saturated rings. The lowest BCUT2D eigenvalue weighted by Crippen LogP contribution is -2.74. The Balaban J connectivity index is 1.46. The molecule has 0 radical (unpaired) electrons. The van der Waals surface area contributed by atoms with Gasteiger partial charge in [-0.25, -0.2) is 0 Å². The highest BCUT2D eigenvalue weighted by molar-refractivity contribution is 5.91. The number of ketones is 1. The van der Waals surface area contributed by atoms with E-state index in [2.05, 4.69) is 11.5 Å². The van der Waals surface area contributed by atoms with Crippen LogP contribution in [0.2, 0.25) is 0 Å². The molecule has 11 nitrogen and oxygen atoms in total. The molecule has 2 aliphatic heterocycles. The highest BCUT2D eigenvalue weighted by Crippen LogP contribution is 2.65. The number of benzene rings is 1. The topological polar surface area (TPSA) is 160 Å². The van der Waals surface area contributed by atoms with Gasteiger partial charge in [0.05, 0.1) is 23.4 Å². The summed E-state index contributed by atoms with van der Waals surface area (Å²) in [5.41, 5.74) is -0.593. The van der Waals surface area contributed by atoms with E-state index in [0.29, 0.717) is 24.9 Å². The van der Waals surface area contributed by atoms with Gasteiger partial charge in [-0.2, -0.15) is 0 Å². The Bertz CT molecular complexity index is 1300. The number of esters is 2. The summed E-state index contributed by atoms with van der Waals surface area (Å²) < 4.78 is 16.9. The van der Waals surface area contributed by atoms with Crippen LogP contribution in [-0.2, 0) is 40.5 Å². The maximum absolute atomic E-state index is 13.3. The van der Waals surface area contributed by atoms with Crippen LogP contribution < -0.4 is 4.74 Å². The molecule has 6 atom stereocenters. The van der Waals surface area contributed by atoms with Crippen LogP contribution in [0.5, 0.6) is 11.5 Å². The Kier molecular flexibility index (Phi) is 6.54. The van der Waals surface area contributed by atoms with Crippen molar-refractivity contribution in [1.29, 1.82) is 0 Å². The highest BCUT2D eigenvalue weighted by Gasteiger charge is 2.72. The normalized spacial score (nSPS) is 29.7. The minimum Gasteiger partial charge on any atom is -0.504 e. The number of piperidine rings is 1. The maximum Gasteiger partial charge on any atom is 0.315 e. The summed E-state index contributed by atoms with van der Waals surface area (Å²) in [7, 11) is 1.95. The lowest BCUT2D eigenvalue weighted by Gasteiger charge is -2.61. The van der Waals surface area contributed by atoms with Crippen LogP contribution in [0.4, 0.5) is 0 Å². The Morgan fingerprint density at radius 2 is 2.03 bits per heavy atom. The van der Waals surface area contributed by atoms with Crippen molar-refractivity contribution in [1.82, 2.24) is 4.90 Å². The molecule has 2 bridgehead atoms. The predicted molar refractivity (Wildman–Crippen MR) is 134 cm³/mol. The van der Waals surface area contributed by atoms with Crippen LogP contribution in [0.3, 0.4) is 0 Å². The summed E-state index contributed by atoms with van der Waals surface area (Å²) in [5, 5.41) is 32.2. The van der Waals surface area contributed by atoms with E-state index in [1.54, 1.807) is 12.1 Å². The summed E-state index contributed by atoms with van der Waals surface area (Å²) in [4.78, 5) is 51.0. The van der Waals surface area contributed by atoms with E-state index >= 15 is 0 Å². The number of phenolic OH excluding ortho intramolecular Hbond substituents is 1. The summed E-state index contributed by atoms with van der Waals surface area (Å²) in [6.07, 6.45) is 0.333. The van der Waals surface area contributed by atoms with Crippen molar-refractivity contribution >= 4 is 23.7 Å². The lowest BCUT2D eigenvalue weighted by atomic mass is 9.50. The van der Waals surface area contributed by atoms with Gasteiger partial charge in [0.15, 0.2) is 29.5 Å². The van der Waals surface area contributed by atoms with Gasteiger partial charge in [0, 0.05) is 31.4 Å².